The Morgan fingerprint density at radius 3 is 3.15 bits per heavy atom. The largest absolute Gasteiger partial charge is 0.481 e. The smallest absolute Gasteiger partial charge is 0.303 e. The molecular weight excluding hydrogens is 172 g/mol. The van der Waals surface area contributed by atoms with Crippen LogP contribution >= 0.6 is 0 Å². The fourth-order valence-electron chi connectivity index (χ4n) is 0.911. The second-order valence-electron chi connectivity index (χ2n) is 2.71. The van der Waals surface area contributed by atoms with Crippen LogP contribution < -0.4 is 5.32 Å². The Kier molecular flexibility index (Phi) is 3.98. The lowest BCUT2D eigenvalue weighted by Gasteiger charge is -1.99. The van der Waals surface area contributed by atoms with Crippen molar-refractivity contribution in [2.24, 2.45) is 0 Å². The number of nitrogens with zero attached hydrogens (tertiary/aromatic N) is 1. The average Bonchev–Trinajstić information content (AvgIpc) is 2.55. The summed E-state index contributed by atoms with van der Waals surface area (Å²) in [5, 5.41) is 15.0. The molecule has 0 saturated carbocycles. The molecule has 0 aromatic carbocycles. The van der Waals surface area contributed by atoms with Gasteiger partial charge in [0.15, 0.2) is 0 Å². The minimum Gasteiger partial charge on any atom is -0.481 e. The number of rotatable bonds is 6. The lowest BCUT2D eigenvalue weighted by Crippen LogP contribution is -2.15. The Morgan fingerprint density at radius 1 is 1.69 bits per heavy atom. The highest BCUT2D eigenvalue weighted by Crippen LogP contribution is 1.95. The van der Waals surface area contributed by atoms with Crippen LogP contribution in [0.15, 0.2) is 17.0 Å². The van der Waals surface area contributed by atoms with E-state index in [2.05, 4.69) is 15.0 Å². The second-order valence-corrected chi connectivity index (χ2v) is 2.71. The monoisotopic (exact) mass is 184 g/mol. The zero-order valence-electron chi connectivity index (χ0n) is 7.19. The lowest BCUT2D eigenvalue weighted by molar-refractivity contribution is -0.137. The Labute approximate surface area is 75.7 Å². The molecule has 1 aromatic rings. The van der Waals surface area contributed by atoms with Crippen molar-refractivity contribution in [1.29, 1.82) is 0 Å². The number of hydrogen-bond donors (Lipinski definition) is 2. The molecule has 1 heterocycles. The summed E-state index contributed by atoms with van der Waals surface area (Å²) in [6, 6.07) is 0. The molecule has 0 saturated heterocycles. The highest BCUT2D eigenvalue weighted by Gasteiger charge is 1.97. The van der Waals surface area contributed by atoms with E-state index < -0.39 is 5.97 Å². The summed E-state index contributed by atoms with van der Waals surface area (Å²) < 4.78 is 4.63. The minimum atomic E-state index is -0.758. The van der Waals surface area contributed by atoms with Gasteiger partial charge in [-0.3, -0.25) is 4.79 Å². The maximum Gasteiger partial charge on any atom is 0.303 e. The summed E-state index contributed by atoms with van der Waals surface area (Å²) in [4.78, 5) is 10.1. The number of aliphatic carboxylic acids is 1. The van der Waals surface area contributed by atoms with E-state index in [1.54, 1.807) is 12.5 Å². The van der Waals surface area contributed by atoms with E-state index in [4.69, 9.17) is 5.11 Å². The predicted molar refractivity (Wildman–Crippen MR) is 45.1 cm³/mol. The molecule has 0 fully saturated rings. The number of carboxylic acid groups (broad SMARTS) is 1. The molecule has 1 aromatic heterocycles. The maximum absolute atomic E-state index is 10.1. The first-order valence-electron chi connectivity index (χ1n) is 4.10. The molecule has 5 nitrogen and oxygen atoms in total. The van der Waals surface area contributed by atoms with E-state index in [0.29, 0.717) is 19.5 Å². The molecule has 2 N–H and O–H groups in total. The van der Waals surface area contributed by atoms with Gasteiger partial charge in [-0.15, -0.1) is 0 Å². The van der Waals surface area contributed by atoms with Gasteiger partial charge in [0, 0.05) is 18.5 Å². The van der Waals surface area contributed by atoms with E-state index in [1.165, 1.54) is 0 Å². The van der Waals surface area contributed by atoms with Gasteiger partial charge in [-0.25, -0.2) is 0 Å². The van der Waals surface area contributed by atoms with Gasteiger partial charge >= 0.3 is 5.97 Å². The predicted octanol–water partition coefficient (Wildman–Crippen LogP) is 0.629. The molecule has 13 heavy (non-hydrogen) atoms. The van der Waals surface area contributed by atoms with Crippen LogP contribution in [0.2, 0.25) is 0 Å². The van der Waals surface area contributed by atoms with E-state index in [9.17, 15) is 4.79 Å². The van der Waals surface area contributed by atoms with E-state index in [0.717, 1.165) is 5.56 Å². The quantitative estimate of drug-likeness (QED) is 0.634. The van der Waals surface area contributed by atoms with Crippen LogP contribution in [-0.2, 0) is 11.3 Å². The molecule has 0 amide bonds. The molecule has 0 aliphatic heterocycles. The molecular formula is C8H12N2O3. The Balaban J connectivity index is 1.99. The van der Waals surface area contributed by atoms with Gasteiger partial charge in [0.25, 0.3) is 0 Å². The van der Waals surface area contributed by atoms with Gasteiger partial charge in [0.1, 0.15) is 6.26 Å². The van der Waals surface area contributed by atoms with Crippen LogP contribution in [0.1, 0.15) is 18.4 Å². The topological polar surface area (TPSA) is 75.4 Å². The molecule has 0 spiro atoms. The van der Waals surface area contributed by atoms with Gasteiger partial charge in [-0.05, 0) is 13.0 Å². The van der Waals surface area contributed by atoms with Crippen molar-refractivity contribution >= 4 is 5.97 Å². The molecule has 0 aliphatic carbocycles. The van der Waals surface area contributed by atoms with Crippen LogP contribution in [0.3, 0.4) is 0 Å². The highest BCUT2D eigenvalue weighted by atomic mass is 16.5. The highest BCUT2D eigenvalue weighted by molar-refractivity contribution is 5.66. The summed E-state index contributed by atoms with van der Waals surface area (Å²) >= 11 is 0. The Morgan fingerprint density at radius 2 is 2.54 bits per heavy atom. The first-order valence-corrected chi connectivity index (χ1v) is 4.10. The third kappa shape index (κ3) is 4.27. The normalized spacial score (nSPS) is 10.2. The van der Waals surface area contributed by atoms with E-state index in [1.807, 2.05) is 0 Å². The van der Waals surface area contributed by atoms with Crippen LogP contribution in [0.25, 0.3) is 0 Å². The summed E-state index contributed by atoms with van der Waals surface area (Å²) in [7, 11) is 0. The number of aromatic nitrogens is 1. The molecule has 72 valence electrons. The van der Waals surface area contributed by atoms with Crippen LogP contribution in [-0.4, -0.2) is 22.8 Å². The van der Waals surface area contributed by atoms with Crippen LogP contribution in [0, 0.1) is 0 Å². The molecule has 0 aliphatic rings. The van der Waals surface area contributed by atoms with Crippen molar-refractivity contribution in [1.82, 2.24) is 10.5 Å². The van der Waals surface area contributed by atoms with Crippen molar-refractivity contribution in [2.75, 3.05) is 6.54 Å². The standard InChI is InChI=1S/C8H12N2O3/c11-8(12)2-1-3-9-4-7-5-10-13-6-7/h5-6,9H,1-4H2,(H,11,12). The molecule has 0 atom stereocenters. The third-order valence-electron chi connectivity index (χ3n) is 1.56. The lowest BCUT2D eigenvalue weighted by atomic mass is 10.3. The fraction of sp³-hybridized carbons (Fsp3) is 0.500. The van der Waals surface area contributed by atoms with Gasteiger partial charge in [0.2, 0.25) is 0 Å². The maximum atomic E-state index is 10.1. The summed E-state index contributed by atoms with van der Waals surface area (Å²) in [6.07, 6.45) is 4.03. The van der Waals surface area contributed by atoms with Gasteiger partial charge in [-0.2, -0.15) is 0 Å². The minimum absolute atomic E-state index is 0.205. The fourth-order valence-corrected chi connectivity index (χ4v) is 0.911. The van der Waals surface area contributed by atoms with Crippen LogP contribution in [0.5, 0.6) is 0 Å². The molecule has 0 bridgehead atoms. The van der Waals surface area contributed by atoms with Crippen molar-refractivity contribution in [2.45, 2.75) is 19.4 Å². The third-order valence-corrected chi connectivity index (χ3v) is 1.56. The number of carbonyl (C=O) groups is 1. The summed E-state index contributed by atoms with van der Waals surface area (Å²) in [6.45, 7) is 1.36. The zero-order valence-corrected chi connectivity index (χ0v) is 7.19. The second kappa shape index (κ2) is 5.31. The molecule has 1 rings (SSSR count). The van der Waals surface area contributed by atoms with Gasteiger partial charge in [-0.1, -0.05) is 5.16 Å². The first-order chi connectivity index (χ1) is 6.29. The van der Waals surface area contributed by atoms with E-state index in [-0.39, 0.29) is 6.42 Å². The van der Waals surface area contributed by atoms with Crippen molar-refractivity contribution in [3.05, 3.63) is 18.0 Å². The number of carboxylic acids is 1. The van der Waals surface area contributed by atoms with Gasteiger partial charge in [0.05, 0.1) is 6.20 Å². The Hall–Kier alpha value is -1.36. The Bertz CT molecular complexity index is 246. The van der Waals surface area contributed by atoms with Gasteiger partial charge < -0.3 is 14.9 Å². The summed E-state index contributed by atoms with van der Waals surface area (Å²) in [5.41, 5.74) is 0.968. The molecule has 0 unspecified atom stereocenters. The molecule has 5 heteroatoms. The summed E-state index contributed by atoms with van der Waals surface area (Å²) in [5.74, 6) is -0.758. The van der Waals surface area contributed by atoms with E-state index >= 15 is 0 Å². The first kappa shape index (κ1) is 9.73. The number of nitrogens with one attached hydrogen (secondary N) is 1. The SMILES string of the molecule is O=C(O)CCCNCc1cnoc1. The zero-order chi connectivity index (χ0) is 9.52. The average molecular weight is 184 g/mol. The van der Waals surface area contributed by atoms with Crippen molar-refractivity contribution < 1.29 is 14.4 Å². The molecule has 0 radical (unpaired) electrons. The van der Waals surface area contributed by atoms with Crippen LogP contribution in [0.4, 0.5) is 0 Å². The number of hydrogen-bond acceptors (Lipinski definition) is 4. The van der Waals surface area contributed by atoms with Crippen molar-refractivity contribution in [3.63, 3.8) is 0 Å². The van der Waals surface area contributed by atoms with Crippen molar-refractivity contribution in [3.8, 4) is 0 Å².